The summed E-state index contributed by atoms with van der Waals surface area (Å²) in [7, 11) is 0. The number of carbonyl (C=O) groups excluding carboxylic acids is 1. The van der Waals surface area contributed by atoms with E-state index < -0.39 is 11.5 Å². The van der Waals surface area contributed by atoms with E-state index in [0.717, 1.165) is 22.4 Å². The average molecular weight is 267 g/mol. The summed E-state index contributed by atoms with van der Waals surface area (Å²) in [6.45, 7) is 3.79. The molecule has 0 aromatic heterocycles. The molecule has 2 N–H and O–H groups in total. The number of hydrogen-bond donors (Lipinski definition) is 2. The third-order valence-corrected chi connectivity index (χ3v) is 3.96. The Morgan fingerprint density at radius 3 is 2.45 bits per heavy atom. The highest BCUT2D eigenvalue weighted by atomic mass is 16.3. The van der Waals surface area contributed by atoms with Crippen LogP contribution in [0.5, 0.6) is 0 Å². The van der Waals surface area contributed by atoms with Crippen molar-refractivity contribution in [3.63, 3.8) is 0 Å². The van der Waals surface area contributed by atoms with Crippen LogP contribution in [0.25, 0.3) is 0 Å². The van der Waals surface area contributed by atoms with E-state index in [9.17, 15) is 9.90 Å². The molecule has 2 aromatic rings. The van der Waals surface area contributed by atoms with Gasteiger partial charge in [0, 0.05) is 5.69 Å². The van der Waals surface area contributed by atoms with Crippen LogP contribution in [0.15, 0.2) is 48.5 Å². The Kier molecular flexibility index (Phi) is 2.87. The molecule has 0 saturated heterocycles. The van der Waals surface area contributed by atoms with Gasteiger partial charge in [-0.2, -0.15) is 0 Å². The summed E-state index contributed by atoms with van der Waals surface area (Å²) in [6, 6.07) is 15.2. The molecule has 102 valence electrons. The second kappa shape index (κ2) is 4.46. The van der Waals surface area contributed by atoms with Crippen molar-refractivity contribution in [1.29, 1.82) is 0 Å². The van der Waals surface area contributed by atoms with Crippen LogP contribution in [-0.4, -0.2) is 11.0 Å². The number of aliphatic hydroxyl groups excluding tert-OH is 1. The molecule has 1 aliphatic rings. The zero-order valence-electron chi connectivity index (χ0n) is 11.6. The van der Waals surface area contributed by atoms with Gasteiger partial charge in [0.2, 0.25) is 5.91 Å². The predicted octanol–water partition coefficient (Wildman–Crippen LogP) is 3.00. The number of aliphatic hydroxyl groups is 1. The number of carbonyl (C=O) groups is 1. The Balaban J connectivity index is 2.02. The molecule has 0 aliphatic carbocycles. The van der Waals surface area contributed by atoms with E-state index in [-0.39, 0.29) is 5.91 Å². The molecule has 1 aliphatic heterocycles. The van der Waals surface area contributed by atoms with Crippen molar-refractivity contribution in [2.75, 3.05) is 5.32 Å². The molecule has 0 fully saturated rings. The zero-order valence-corrected chi connectivity index (χ0v) is 11.6. The molecule has 0 bridgehead atoms. The van der Waals surface area contributed by atoms with E-state index in [1.165, 1.54) is 0 Å². The molecule has 3 heteroatoms. The van der Waals surface area contributed by atoms with Gasteiger partial charge in [0.1, 0.15) is 6.10 Å². The van der Waals surface area contributed by atoms with Gasteiger partial charge in [0.25, 0.3) is 0 Å². The van der Waals surface area contributed by atoms with Gasteiger partial charge >= 0.3 is 0 Å². The van der Waals surface area contributed by atoms with E-state index in [1.807, 2.05) is 62.4 Å². The maximum Gasteiger partial charge on any atom is 0.234 e. The van der Waals surface area contributed by atoms with Crippen LogP contribution < -0.4 is 5.32 Å². The first-order valence-corrected chi connectivity index (χ1v) is 6.69. The molecule has 1 atom stereocenters. The van der Waals surface area contributed by atoms with E-state index in [2.05, 4.69) is 5.32 Å². The number of hydrogen-bond acceptors (Lipinski definition) is 2. The maximum atomic E-state index is 11.9. The molecule has 2 aromatic carbocycles. The highest BCUT2D eigenvalue weighted by Gasteiger charge is 2.38. The van der Waals surface area contributed by atoms with Crippen molar-refractivity contribution in [2.45, 2.75) is 25.4 Å². The van der Waals surface area contributed by atoms with Crippen molar-refractivity contribution in [3.05, 3.63) is 65.2 Å². The van der Waals surface area contributed by atoms with Crippen molar-refractivity contribution in [3.8, 4) is 0 Å². The smallest absolute Gasteiger partial charge is 0.234 e. The van der Waals surface area contributed by atoms with Crippen LogP contribution in [0.1, 0.15) is 36.6 Å². The highest BCUT2D eigenvalue weighted by Crippen LogP contribution is 2.39. The van der Waals surface area contributed by atoms with E-state index >= 15 is 0 Å². The summed E-state index contributed by atoms with van der Waals surface area (Å²) >= 11 is 0. The molecular weight excluding hydrogens is 250 g/mol. The topological polar surface area (TPSA) is 49.3 Å². The van der Waals surface area contributed by atoms with E-state index in [4.69, 9.17) is 0 Å². The minimum absolute atomic E-state index is 0.00106. The number of rotatable bonds is 2. The summed E-state index contributed by atoms with van der Waals surface area (Å²) in [5.41, 5.74) is 2.88. The number of nitrogens with one attached hydrogen (secondary N) is 1. The van der Waals surface area contributed by atoms with Crippen LogP contribution in [0.4, 0.5) is 5.69 Å². The molecule has 0 spiro atoms. The van der Waals surface area contributed by atoms with Gasteiger partial charge < -0.3 is 10.4 Å². The van der Waals surface area contributed by atoms with Gasteiger partial charge in [-0.05, 0) is 42.7 Å². The minimum Gasteiger partial charge on any atom is -0.384 e. The summed E-state index contributed by atoms with van der Waals surface area (Å²) in [5.74, 6) is -0.00106. The van der Waals surface area contributed by atoms with Crippen molar-refractivity contribution in [1.82, 2.24) is 0 Å². The highest BCUT2D eigenvalue weighted by molar-refractivity contribution is 6.05. The number of amides is 1. The van der Waals surface area contributed by atoms with Crippen LogP contribution in [0.2, 0.25) is 0 Å². The van der Waals surface area contributed by atoms with Gasteiger partial charge in [-0.25, -0.2) is 0 Å². The van der Waals surface area contributed by atoms with E-state index in [0.29, 0.717) is 0 Å². The lowest BCUT2D eigenvalue weighted by Crippen LogP contribution is -2.26. The molecule has 0 radical (unpaired) electrons. The first-order valence-electron chi connectivity index (χ1n) is 6.69. The van der Waals surface area contributed by atoms with Gasteiger partial charge in [-0.3, -0.25) is 4.79 Å². The standard InChI is InChI=1S/C17H17NO2/c1-17(2)13-10-12(8-9-14(13)18-16(17)20)15(19)11-6-4-3-5-7-11/h3-10,15,19H,1-2H3,(H,18,20). The Hall–Kier alpha value is -2.13. The fourth-order valence-electron chi connectivity index (χ4n) is 2.59. The van der Waals surface area contributed by atoms with Crippen LogP contribution in [-0.2, 0) is 10.2 Å². The van der Waals surface area contributed by atoms with Gasteiger partial charge in [0.15, 0.2) is 0 Å². The molecule has 0 saturated carbocycles. The largest absolute Gasteiger partial charge is 0.384 e. The maximum absolute atomic E-state index is 11.9. The lowest BCUT2D eigenvalue weighted by Gasteiger charge is -2.18. The van der Waals surface area contributed by atoms with Gasteiger partial charge in [0.05, 0.1) is 5.41 Å². The van der Waals surface area contributed by atoms with Crippen LogP contribution in [0.3, 0.4) is 0 Å². The summed E-state index contributed by atoms with van der Waals surface area (Å²) < 4.78 is 0. The fraction of sp³-hybridized carbons (Fsp3) is 0.235. The molecule has 20 heavy (non-hydrogen) atoms. The molecule has 3 rings (SSSR count). The Labute approximate surface area is 118 Å². The van der Waals surface area contributed by atoms with Crippen LogP contribution in [0, 0.1) is 0 Å². The lowest BCUT2D eigenvalue weighted by molar-refractivity contribution is -0.119. The lowest BCUT2D eigenvalue weighted by atomic mass is 9.84. The molecule has 1 amide bonds. The van der Waals surface area contributed by atoms with Crippen molar-refractivity contribution in [2.24, 2.45) is 0 Å². The van der Waals surface area contributed by atoms with Gasteiger partial charge in [-0.15, -0.1) is 0 Å². The van der Waals surface area contributed by atoms with Crippen molar-refractivity contribution >= 4 is 11.6 Å². The Morgan fingerprint density at radius 1 is 1.05 bits per heavy atom. The fourth-order valence-corrected chi connectivity index (χ4v) is 2.59. The van der Waals surface area contributed by atoms with Gasteiger partial charge in [-0.1, -0.05) is 36.4 Å². The SMILES string of the molecule is CC1(C)C(=O)Nc2ccc(C(O)c3ccccc3)cc21. The normalized spacial score (nSPS) is 17.4. The number of benzene rings is 2. The zero-order chi connectivity index (χ0) is 14.3. The minimum atomic E-state index is -0.673. The third-order valence-electron chi connectivity index (χ3n) is 3.96. The molecular formula is C17H17NO2. The quantitative estimate of drug-likeness (QED) is 0.878. The van der Waals surface area contributed by atoms with Crippen molar-refractivity contribution < 1.29 is 9.90 Å². The number of fused-ring (bicyclic) bond motifs is 1. The second-order valence-electron chi connectivity index (χ2n) is 5.70. The average Bonchev–Trinajstić information content (AvgIpc) is 2.69. The Bertz CT molecular complexity index is 662. The predicted molar refractivity (Wildman–Crippen MR) is 78.6 cm³/mol. The van der Waals surface area contributed by atoms with Crippen LogP contribution >= 0.6 is 0 Å². The monoisotopic (exact) mass is 267 g/mol. The first kappa shape index (κ1) is 12.9. The summed E-state index contributed by atoms with van der Waals surface area (Å²) in [6.07, 6.45) is -0.673. The third kappa shape index (κ3) is 1.91. The summed E-state index contributed by atoms with van der Waals surface area (Å²) in [4.78, 5) is 11.9. The molecule has 3 nitrogen and oxygen atoms in total. The molecule has 1 unspecified atom stereocenters. The second-order valence-corrected chi connectivity index (χ2v) is 5.70. The first-order chi connectivity index (χ1) is 9.50. The molecule has 1 heterocycles. The van der Waals surface area contributed by atoms with E-state index in [1.54, 1.807) is 0 Å². The Morgan fingerprint density at radius 2 is 1.75 bits per heavy atom. The number of anilines is 1. The summed E-state index contributed by atoms with van der Waals surface area (Å²) in [5, 5.41) is 13.3.